The van der Waals surface area contributed by atoms with Gasteiger partial charge in [0.2, 0.25) is 5.91 Å². The van der Waals surface area contributed by atoms with Gasteiger partial charge in [0.25, 0.3) is 0 Å². The predicted molar refractivity (Wildman–Crippen MR) is 66.5 cm³/mol. The molecule has 0 saturated heterocycles. The Kier molecular flexibility index (Phi) is 3.49. The van der Waals surface area contributed by atoms with Crippen molar-refractivity contribution >= 4 is 23.2 Å². The average Bonchev–Trinajstić information content (AvgIpc) is 3.12. The minimum atomic E-state index is 0.120. The molecule has 1 atom stereocenters. The highest BCUT2D eigenvalue weighted by atomic mass is 35.5. The smallest absolute Gasteiger partial charge is 0.227 e. The Labute approximate surface area is 101 Å². The Morgan fingerprint density at radius 2 is 2.31 bits per heavy atom. The number of amides is 1. The van der Waals surface area contributed by atoms with Crippen molar-refractivity contribution in [1.82, 2.24) is 0 Å². The lowest BCUT2D eigenvalue weighted by Crippen LogP contribution is -2.21. The van der Waals surface area contributed by atoms with Gasteiger partial charge in [-0.25, -0.2) is 0 Å². The molecule has 86 valence electrons. The normalized spacial score (nSPS) is 16.9. The summed E-state index contributed by atoms with van der Waals surface area (Å²) in [7, 11) is 0. The zero-order valence-electron chi connectivity index (χ0n) is 9.37. The molecule has 1 aromatic carbocycles. The standard InChI is InChI=1S/C13H16ClNO/c1-9(11-5-6-11)13(16)15-12-4-2-3-10(7-12)8-14/h2-4,7,9,11H,5-6,8H2,1H3,(H,15,16). The number of nitrogens with one attached hydrogen (secondary N) is 1. The van der Waals surface area contributed by atoms with Crippen LogP contribution in [-0.4, -0.2) is 5.91 Å². The number of hydrogen-bond acceptors (Lipinski definition) is 1. The Hall–Kier alpha value is -1.02. The summed E-state index contributed by atoms with van der Waals surface area (Å²) >= 11 is 5.75. The molecule has 0 bridgehead atoms. The number of benzene rings is 1. The van der Waals surface area contributed by atoms with Crippen LogP contribution >= 0.6 is 11.6 Å². The van der Waals surface area contributed by atoms with Crippen LogP contribution in [0.5, 0.6) is 0 Å². The second-order valence-corrected chi connectivity index (χ2v) is 4.72. The predicted octanol–water partition coefficient (Wildman–Crippen LogP) is 3.41. The molecule has 1 aliphatic rings. The summed E-state index contributed by atoms with van der Waals surface area (Å²) in [5.74, 6) is 1.31. The van der Waals surface area contributed by atoms with Gasteiger partial charge in [-0.05, 0) is 36.5 Å². The van der Waals surface area contributed by atoms with Gasteiger partial charge in [0.05, 0.1) is 0 Å². The third-order valence-corrected chi connectivity index (χ3v) is 3.40. The van der Waals surface area contributed by atoms with Gasteiger partial charge in [-0.3, -0.25) is 4.79 Å². The molecule has 1 fully saturated rings. The van der Waals surface area contributed by atoms with Crippen LogP contribution in [0.1, 0.15) is 25.3 Å². The molecule has 3 heteroatoms. The van der Waals surface area contributed by atoms with Crippen molar-refractivity contribution in [1.29, 1.82) is 0 Å². The summed E-state index contributed by atoms with van der Waals surface area (Å²) in [6, 6.07) is 7.68. The second kappa shape index (κ2) is 4.88. The molecule has 1 aliphatic carbocycles. The van der Waals surface area contributed by atoms with Crippen molar-refractivity contribution in [2.75, 3.05) is 5.32 Å². The van der Waals surface area contributed by atoms with Crippen molar-refractivity contribution in [2.24, 2.45) is 11.8 Å². The van der Waals surface area contributed by atoms with Crippen LogP contribution in [0.25, 0.3) is 0 Å². The second-order valence-electron chi connectivity index (χ2n) is 4.45. The van der Waals surface area contributed by atoms with E-state index in [2.05, 4.69) is 5.32 Å². The third kappa shape index (κ3) is 2.76. The van der Waals surface area contributed by atoms with E-state index in [4.69, 9.17) is 11.6 Å². The molecule has 1 N–H and O–H groups in total. The van der Waals surface area contributed by atoms with E-state index < -0.39 is 0 Å². The van der Waals surface area contributed by atoms with Gasteiger partial charge < -0.3 is 5.32 Å². The highest BCUT2D eigenvalue weighted by molar-refractivity contribution is 6.17. The molecule has 0 aromatic heterocycles. The quantitative estimate of drug-likeness (QED) is 0.799. The number of alkyl halides is 1. The highest BCUT2D eigenvalue weighted by Crippen LogP contribution is 2.37. The molecule has 2 nitrogen and oxygen atoms in total. The first kappa shape index (κ1) is 11.5. The maximum Gasteiger partial charge on any atom is 0.227 e. The lowest BCUT2D eigenvalue weighted by atomic mass is 10.1. The number of hydrogen-bond donors (Lipinski definition) is 1. The van der Waals surface area contributed by atoms with Crippen molar-refractivity contribution in [3.63, 3.8) is 0 Å². The van der Waals surface area contributed by atoms with E-state index in [1.165, 1.54) is 12.8 Å². The maximum atomic E-state index is 11.8. The van der Waals surface area contributed by atoms with Crippen molar-refractivity contribution < 1.29 is 4.79 Å². The van der Waals surface area contributed by atoms with Crippen LogP contribution in [0.2, 0.25) is 0 Å². The van der Waals surface area contributed by atoms with E-state index >= 15 is 0 Å². The van der Waals surface area contributed by atoms with Crippen LogP contribution in [0, 0.1) is 11.8 Å². The fourth-order valence-electron chi connectivity index (χ4n) is 1.80. The molecule has 0 aliphatic heterocycles. The van der Waals surface area contributed by atoms with Crippen LogP contribution < -0.4 is 5.32 Å². The largest absolute Gasteiger partial charge is 0.326 e. The summed E-state index contributed by atoms with van der Waals surface area (Å²) in [6.07, 6.45) is 2.38. The number of halogens is 1. The molecular weight excluding hydrogens is 222 g/mol. The molecule has 0 heterocycles. The Morgan fingerprint density at radius 3 is 2.94 bits per heavy atom. The molecule has 1 aromatic rings. The van der Waals surface area contributed by atoms with Crippen LogP contribution in [0.15, 0.2) is 24.3 Å². The monoisotopic (exact) mass is 237 g/mol. The van der Waals surface area contributed by atoms with E-state index in [1.54, 1.807) is 0 Å². The van der Waals surface area contributed by atoms with Gasteiger partial charge in [-0.15, -0.1) is 11.6 Å². The Bertz CT molecular complexity index is 387. The van der Waals surface area contributed by atoms with Gasteiger partial charge in [-0.1, -0.05) is 19.1 Å². The van der Waals surface area contributed by atoms with E-state index in [0.29, 0.717) is 11.8 Å². The third-order valence-electron chi connectivity index (χ3n) is 3.09. The fraction of sp³-hybridized carbons (Fsp3) is 0.462. The lowest BCUT2D eigenvalue weighted by molar-refractivity contribution is -0.119. The summed E-state index contributed by atoms with van der Waals surface area (Å²) < 4.78 is 0. The zero-order chi connectivity index (χ0) is 11.5. The number of anilines is 1. The molecule has 0 spiro atoms. The maximum absolute atomic E-state index is 11.8. The van der Waals surface area contributed by atoms with Crippen LogP contribution in [0.3, 0.4) is 0 Å². The van der Waals surface area contributed by atoms with E-state index in [1.807, 2.05) is 31.2 Å². The average molecular weight is 238 g/mol. The fourth-order valence-corrected chi connectivity index (χ4v) is 1.96. The highest BCUT2D eigenvalue weighted by Gasteiger charge is 2.32. The Morgan fingerprint density at radius 1 is 1.56 bits per heavy atom. The van der Waals surface area contributed by atoms with Crippen LogP contribution in [-0.2, 0) is 10.7 Å². The van der Waals surface area contributed by atoms with E-state index in [0.717, 1.165) is 11.3 Å². The first-order valence-electron chi connectivity index (χ1n) is 5.66. The summed E-state index contributed by atoms with van der Waals surface area (Å²) in [5.41, 5.74) is 1.87. The molecule has 0 radical (unpaired) electrons. The molecule has 1 amide bonds. The van der Waals surface area contributed by atoms with Gasteiger partial charge in [0, 0.05) is 17.5 Å². The van der Waals surface area contributed by atoms with Crippen LogP contribution in [0.4, 0.5) is 5.69 Å². The molecule has 1 unspecified atom stereocenters. The van der Waals surface area contributed by atoms with Crippen molar-refractivity contribution in [3.05, 3.63) is 29.8 Å². The first-order valence-corrected chi connectivity index (χ1v) is 6.20. The number of carbonyl (C=O) groups is 1. The van der Waals surface area contributed by atoms with Gasteiger partial charge in [0.1, 0.15) is 0 Å². The van der Waals surface area contributed by atoms with E-state index in [-0.39, 0.29) is 11.8 Å². The minimum absolute atomic E-state index is 0.120. The first-order chi connectivity index (χ1) is 7.70. The summed E-state index contributed by atoms with van der Waals surface area (Å²) in [6.45, 7) is 2.00. The molecule has 1 saturated carbocycles. The molecular formula is C13H16ClNO. The molecule has 16 heavy (non-hydrogen) atoms. The van der Waals surface area contributed by atoms with Gasteiger partial charge in [-0.2, -0.15) is 0 Å². The number of carbonyl (C=O) groups excluding carboxylic acids is 1. The number of rotatable bonds is 4. The van der Waals surface area contributed by atoms with Crippen molar-refractivity contribution in [2.45, 2.75) is 25.6 Å². The van der Waals surface area contributed by atoms with Crippen molar-refractivity contribution in [3.8, 4) is 0 Å². The SMILES string of the molecule is CC(C(=O)Nc1cccc(CCl)c1)C1CC1. The summed E-state index contributed by atoms with van der Waals surface area (Å²) in [5, 5.41) is 2.94. The minimum Gasteiger partial charge on any atom is -0.326 e. The Balaban J connectivity index is 1.99. The van der Waals surface area contributed by atoms with Gasteiger partial charge in [0.15, 0.2) is 0 Å². The van der Waals surface area contributed by atoms with Gasteiger partial charge >= 0.3 is 0 Å². The zero-order valence-corrected chi connectivity index (χ0v) is 10.1. The summed E-state index contributed by atoms with van der Waals surface area (Å²) in [4.78, 5) is 11.8. The lowest BCUT2D eigenvalue weighted by Gasteiger charge is -2.11. The van der Waals surface area contributed by atoms with E-state index in [9.17, 15) is 4.79 Å². The topological polar surface area (TPSA) is 29.1 Å². The molecule has 2 rings (SSSR count).